The molecule has 1 saturated carbocycles. The van der Waals surface area contributed by atoms with Gasteiger partial charge < -0.3 is 19.1 Å². The van der Waals surface area contributed by atoms with Gasteiger partial charge in [-0.3, -0.25) is 19.3 Å². The molecule has 296 valence electrons. The summed E-state index contributed by atoms with van der Waals surface area (Å²) in [7, 11) is -1.13. The van der Waals surface area contributed by atoms with Crippen molar-refractivity contribution < 1.29 is 23.2 Å². The molecule has 1 N–H and O–H groups in total. The van der Waals surface area contributed by atoms with Crippen LogP contribution < -0.4 is 14.4 Å². The second-order valence-electron chi connectivity index (χ2n) is 17.3. The Bertz CT molecular complexity index is 1970. The fraction of sp³-hybridized carbons (Fsp3) is 0.605. The van der Waals surface area contributed by atoms with Crippen LogP contribution in [0.15, 0.2) is 48.6 Å². The first-order chi connectivity index (χ1) is 26.4. The van der Waals surface area contributed by atoms with E-state index in [1.54, 1.807) is 6.07 Å². The number of ether oxygens (including phenoxy) is 3. The number of benzene rings is 2. The van der Waals surface area contributed by atoms with Crippen molar-refractivity contribution in [3.63, 3.8) is 0 Å². The van der Waals surface area contributed by atoms with Crippen molar-refractivity contribution >= 4 is 38.8 Å². The molecule has 0 radical (unpaired) electrons. The van der Waals surface area contributed by atoms with Gasteiger partial charge in [0.2, 0.25) is 0 Å². The van der Waals surface area contributed by atoms with E-state index < -0.39 is 20.8 Å². The topological polar surface area (TPSA) is 107 Å². The molecule has 7 atom stereocenters. The van der Waals surface area contributed by atoms with Crippen LogP contribution in [0, 0.1) is 29.1 Å². The zero-order valence-electron chi connectivity index (χ0n) is 32.6. The molecule has 1 spiro atoms. The molecule has 12 heteroatoms. The maximum atomic E-state index is 14.1. The van der Waals surface area contributed by atoms with Crippen molar-refractivity contribution in [2.24, 2.45) is 17.8 Å². The molecular formula is C43H56ClN5O5S. The van der Waals surface area contributed by atoms with Gasteiger partial charge in [-0.15, -0.1) is 0 Å². The summed E-state index contributed by atoms with van der Waals surface area (Å²) in [4.78, 5) is 21.1. The van der Waals surface area contributed by atoms with Crippen molar-refractivity contribution in [2.75, 3.05) is 77.6 Å². The van der Waals surface area contributed by atoms with Gasteiger partial charge in [-0.2, -0.15) is 5.26 Å². The number of aryl methyl sites for hydroxylation is 1. The third kappa shape index (κ3) is 7.10. The number of rotatable bonds is 4. The number of halogens is 1. The third-order valence-electron chi connectivity index (χ3n) is 14.1. The molecule has 8 rings (SSSR count). The maximum Gasteiger partial charge on any atom is 0.262 e. The number of anilines is 1. The zero-order chi connectivity index (χ0) is 38.6. The van der Waals surface area contributed by atoms with E-state index in [4.69, 9.17) is 25.8 Å². The molecule has 55 heavy (non-hydrogen) atoms. The summed E-state index contributed by atoms with van der Waals surface area (Å²) in [6.07, 6.45) is 10.3. The summed E-state index contributed by atoms with van der Waals surface area (Å²) < 4.78 is 35.9. The van der Waals surface area contributed by atoms with E-state index in [1.165, 1.54) is 11.1 Å². The standard InChI is InChI=1S/C43H56ClN5O5S/c1-30-7-5-16-43(52-3,26-47-17-19-49(20-18-47)42(24-45)28-53-29-42)37-12-9-34(37)23-48-25-41(15-6-8-32-21-35(44)11-13-36(32)41)27-54-39-14-10-33(22-38(39)48)40(50)46-55(4,51)31(30)2/h5,10-11,13-14,16,21-22,30-31,34,37H,4,6-9,12,15,17-20,23,25-29H2,1-3H3,(H,46,50,51)/b16-5+/t30-,31+,34-,37+,41-,43+,55?/m0/s1. The average molecular weight is 790 g/mol. The summed E-state index contributed by atoms with van der Waals surface area (Å²) in [6.45, 7) is 11.1. The van der Waals surface area contributed by atoms with E-state index in [1.807, 2.05) is 32.2 Å². The first-order valence-electron chi connectivity index (χ1n) is 20.1. The summed E-state index contributed by atoms with van der Waals surface area (Å²) in [5, 5.41) is 10.4. The summed E-state index contributed by atoms with van der Waals surface area (Å²) in [5.74, 6) is 5.02. The van der Waals surface area contributed by atoms with Crippen LogP contribution in [0.2, 0.25) is 5.02 Å². The van der Waals surface area contributed by atoms with Crippen LogP contribution >= 0.6 is 11.6 Å². The summed E-state index contributed by atoms with van der Waals surface area (Å²) >= 11 is 6.52. The lowest BCUT2D eigenvalue weighted by atomic mass is 9.63. The zero-order valence-corrected chi connectivity index (χ0v) is 34.1. The van der Waals surface area contributed by atoms with E-state index >= 15 is 0 Å². The lowest BCUT2D eigenvalue weighted by Crippen LogP contribution is -2.66. The van der Waals surface area contributed by atoms with Gasteiger partial charge in [0.25, 0.3) is 5.91 Å². The Kier molecular flexibility index (Phi) is 10.6. The molecule has 1 unspecified atom stereocenters. The SMILES string of the molecule is C=S1(=O)NC(=O)c2ccc3c(c2)N(C[C@@H]2CC[C@H]2[C@@](CN2CCN(C4(C#N)COC4)CC2)(OC)/C=C/C[C@H](C)[C@H]1C)C[C@@]1(CCCc2cc(Cl)ccc21)CO3. The van der Waals surface area contributed by atoms with E-state index in [0.717, 1.165) is 94.4 Å². The second-order valence-corrected chi connectivity index (χ2v) is 20.1. The summed E-state index contributed by atoms with van der Waals surface area (Å²) in [5.41, 5.74) is 2.62. The number of nitrogens with one attached hydrogen (secondary N) is 1. The molecule has 2 aromatic rings. The molecular weight excluding hydrogens is 734 g/mol. The van der Waals surface area contributed by atoms with Crippen LogP contribution in [-0.4, -0.2) is 115 Å². The molecule has 10 nitrogen and oxygen atoms in total. The predicted molar refractivity (Wildman–Crippen MR) is 218 cm³/mol. The minimum atomic E-state index is -2.98. The normalized spacial score (nSPS) is 35.8. The fourth-order valence-corrected chi connectivity index (χ4v) is 11.9. The van der Waals surface area contributed by atoms with Gasteiger partial charge >= 0.3 is 0 Å². The number of hydrogen-bond donors (Lipinski definition) is 1. The van der Waals surface area contributed by atoms with Crippen LogP contribution in [0.1, 0.15) is 67.4 Å². The highest BCUT2D eigenvalue weighted by atomic mass is 35.5. The highest BCUT2D eigenvalue weighted by molar-refractivity contribution is 7.99. The third-order valence-corrected chi connectivity index (χ3v) is 16.5. The van der Waals surface area contributed by atoms with Gasteiger partial charge in [0.15, 0.2) is 5.54 Å². The Morgan fingerprint density at radius 3 is 2.60 bits per heavy atom. The first-order valence-corrected chi connectivity index (χ1v) is 22.2. The van der Waals surface area contributed by atoms with E-state index in [-0.39, 0.29) is 28.4 Å². The number of carbonyl (C=O) groups is 1. The second kappa shape index (κ2) is 15.0. The number of piperazine rings is 1. The molecule has 1 amide bonds. The number of nitriles is 1. The van der Waals surface area contributed by atoms with Crippen molar-refractivity contribution in [1.82, 2.24) is 14.5 Å². The molecule has 2 aromatic carbocycles. The van der Waals surface area contributed by atoms with Gasteiger partial charge in [0, 0.05) is 74.2 Å². The molecule has 2 bridgehead atoms. The van der Waals surface area contributed by atoms with Gasteiger partial charge in [0.1, 0.15) is 11.4 Å². The van der Waals surface area contributed by atoms with Gasteiger partial charge in [-0.1, -0.05) is 36.7 Å². The van der Waals surface area contributed by atoms with Crippen molar-refractivity contribution in [1.29, 1.82) is 5.26 Å². The van der Waals surface area contributed by atoms with Gasteiger partial charge in [-0.25, -0.2) is 4.21 Å². The number of fused-ring (bicyclic) bond motifs is 4. The number of methoxy groups -OCH3 is 1. The Morgan fingerprint density at radius 2 is 1.91 bits per heavy atom. The Labute approximate surface area is 332 Å². The molecule has 3 fully saturated rings. The van der Waals surface area contributed by atoms with E-state index in [0.29, 0.717) is 37.7 Å². The fourth-order valence-electron chi connectivity index (χ4n) is 10.2. The quantitative estimate of drug-likeness (QED) is 0.319. The smallest absolute Gasteiger partial charge is 0.262 e. The van der Waals surface area contributed by atoms with Crippen LogP contribution in [0.25, 0.3) is 0 Å². The lowest BCUT2D eigenvalue weighted by molar-refractivity contribution is -0.129. The Balaban J connectivity index is 1.16. The van der Waals surface area contributed by atoms with Crippen LogP contribution in [0.3, 0.4) is 0 Å². The minimum absolute atomic E-state index is 0.00279. The highest BCUT2D eigenvalue weighted by Gasteiger charge is 2.51. The molecule has 0 aromatic heterocycles. The number of hydrogen-bond acceptors (Lipinski definition) is 9. The first kappa shape index (κ1) is 38.7. The molecule has 4 aliphatic heterocycles. The van der Waals surface area contributed by atoms with Gasteiger partial charge in [-0.05, 0) is 111 Å². The highest BCUT2D eigenvalue weighted by Crippen LogP contribution is 2.49. The number of amides is 1. The average Bonchev–Trinajstić information content (AvgIpc) is 3.29. The number of carbonyl (C=O) groups excluding carboxylic acids is 1. The number of nitrogens with zero attached hydrogens (tertiary/aromatic N) is 4. The molecule has 2 aliphatic carbocycles. The predicted octanol–water partition coefficient (Wildman–Crippen LogP) is 5.48. The minimum Gasteiger partial charge on any atom is -0.490 e. The largest absolute Gasteiger partial charge is 0.490 e. The van der Waals surface area contributed by atoms with Crippen molar-refractivity contribution in [3.8, 4) is 11.8 Å². The van der Waals surface area contributed by atoms with E-state index in [9.17, 15) is 14.3 Å². The van der Waals surface area contributed by atoms with Crippen LogP contribution in [0.4, 0.5) is 5.69 Å². The Morgan fingerprint density at radius 1 is 1.11 bits per heavy atom. The lowest BCUT2D eigenvalue weighted by Gasteiger charge is -2.53. The van der Waals surface area contributed by atoms with E-state index in [2.05, 4.69) is 62.6 Å². The van der Waals surface area contributed by atoms with Crippen LogP contribution in [0.5, 0.6) is 5.75 Å². The molecule has 2 saturated heterocycles. The Hall–Kier alpha value is -3.11. The summed E-state index contributed by atoms with van der Waals surface area (Å²) in [6, 6.07) is 14.5. The molecule has 6 aliphatic rings. The monoisotopic (exact) mass is 789 g/mol. The number of allylic oxidation sites excluding steroid dienone is 1. The van der Waals surface area contributed by atoms with Crippen molar-refractivity contribution in [2.45, 2.75) is 74.2 Å². The van der Waals surface area contributed by atoms with Crippen molar-refractivity contribution in [3.05, 3.63) is 70.3 Å². The molecule has 4 heterocycles. The van der Waals surface area contributed by atoms with Gasteiger partial charge in [0.05, 0.1) is 41.3 Å². The van der Waals surface area contributed by atoms with Crippen LogP contribution in [-0.2, 0) is 31.0 Å². The maximum absolute atomic E-state index is 14.1.